The summed E-state index contributed by atoms with van der Waals surface area (Å²) in [4.78, 5) is 25.9. The van der Waals surface area contributed by atoms with E-state index >= 15 is 0 Å². The molecule has 0 bridgehead atoms. The molecule has 21 heavy (non-hydrogen) atoms. The maximum absolute atomic E-state index is 12.3. The first kappa shape index (κ1) is 16.3. The van der Waals surface area contributed by atoms with Crippen LogP contribution in [0.25, 0.3) is 0 Å². The van der Waals surface area contributed by atoms with E-state index in [1.54, 1.807) is 0 Å². The fraction of sp³-hybridized carbons (Fsp3) is 0.875. The number of nitrogens with one attached hydrogen (secondary N) is 1. The van der Waals surface area contributed by atoms with E-state index in [9.17, 15) is 9.59 Å². The highest BCUT2D eigenvalue weighted by atomic mass is 16.4. The van der Waals surface area contributed by atoms with Gasteiger partial charge in [-0.05, 0) is 37.3 Å². The monoisotopic (exact) mass is 296 g/mol. The number of carbonyl (C=O) groups is 2. The second kappa shape index (κ2) is 5.95. The van der Waals surface area contributed by atoms with Crippen LogP contribution in [0.3, 0.4) is 0 Å². The molecule has 0 aromatic rings. The minimum Gasteiger partial charge on any atom is -0.481 e. The molecular weight excluding hydrogens is 268 g/mol. The number of hydrogen-bond acceptors (Lipinski definition) is 3. The van der Waals surface area contributed by atoms with E-state index in [-0.39, 0.29) is 11.8 Å². The number of carbonyl (C=O) groups excluding carboxylic acids is 1. The summed E-state index contributed by atoms with van der Waals surface area (Å²) in [5, 5.41) is 12.2. The van der Waals surface area contributed by atoms with Crippen LogP contribution >= 0.6 is 0 Å². The third-order valence-corrected chi connectivity index (χ3v) is 5.24. The third-order valence-electron chi connectivity index (χ3n) is 5.24. The van der Waals surface area contributed by atoms with E-state index in [0.717, 1.165) is 13.1 Å². The average molecular weight is 296 g/mol. The normalized spacial score (nSPS) is 29.4. The number of nitrogens with zero attached hydrogens (tertiary/aromatic N) is 1. The number of carboxylic acid groups (broad SMARTS) is 1. The van der Waals surface area contributed by atoms with E-state index in [4.69, 9.17) is 5.11 Å². The molecule has 120 valence electrons. The molecule has 0 spiro atoms. The molecule has 0 aromatic carbocycles. The van der Waals surface area contributed by atoms with E-state index in [0.29, 0.717) is 18.5 Å². The van der Waals surface area contributed by atoms with Crippen molar-refractivity contribution in [2.75, 3.05) is 19.6 Å². The molecule has 1 amide bonds. The molecule has 1 saturated heterocycles. The van der Waals surface area contributed by atoms with Crippen molar-refractivity contribution in [3.8, 4) is 0 Å². The molecule has 1 saturated carbocycles. The van der Waals surface area contributed by atoms with Gasteiger partial charge in [0.2, 0.25) is 5.91 Å². The first-order chi connectivity index (χ1) is 9.76. The summed E-state index contributed by atoms with van der Waals surface area (Å²) in [6, 6.07) is 0.349. The summed E-state index contributed by atoms with van der Waals surface area (Å²) in [6.07, 6.45) is 2.46. The molecule has 0 aromatic heterocycles. The first-order valence-electron chi connectivity index (χ1n) is 8.01. The quantitative estimate of drug-likeness (QED) is 0.781. The Labute approximate surface area is 127 Å². The Morgan fingerprint density at radius 3 is 2.24 bits per heavy atom. The van der Waals surface area contributed by atoms with E-state index in [1.807, 2.05) is 13.8 Å². The van der Waals surface area contributed by atoms with Gasteiger partial charge in [-0.25, -0.2) is 0 Å². The van der Waals surface area contributed by atoms with Gasteiger partial charge in [0.05, 0.1) is 11.8 Å². The molecule has 2 rings (SSSR count). The van der Waals surface area contributed by atoms with Gasteiger partial charge in [0.25, 0.3) is 0 Å². The van der Waals surface area contributed by atoms with Gasteiger partial charge in [-0.3, -0.25) is 14.5 Å². The van der Waals surface area contributed by atoms with E-state index in [1.165, 1.54) is 12.8 Å². The van der Waals surface area contributed by atoms with Crippen LogP contribution < -0.4 is 5.32 Å². The van der Waals surface area contributed by atoms with Gasteiger partial charge in [0.1, 0.15) is 0 Å². The van der Waals surface area contributed by atoms with E-state index < -0.39 is 17.3 Å². The Kier molecular flexibility index (Phi) is 4.61. The smallest absolute Gasteiger partial charge is 0.307 e. The average Bonchev–Trinajstić information content (AvgIpc) is 2.76. The molecule has 2 aliphatic rings. The maximum Gasteiger partial charge on any atom is 0.307 e. The summed E-state index contributed by atoms with van der Waals surface area (Å²) in [5.74, 6) is -1.41. The first-order valence-corrected chi connectivity index (χ1v) is 8.01. The molecule has 1 heterocycles. The number of rotatable bonds is 6. The zero-order valence-electron chi connectivity index (χ0n) is 13.6. The standard InChI is InChI=1S/C16H28N2O3/c1-10(2)11(18-7-5-6-8-18)9-17-14(19)12-13(15(20)21)16(12,3)4/h10-13H,5-9H2,1-4H3,(H,17,19)(H,20,21)/t11?,12-,13+/m1/s1. The van der Waals surface area contributed by atoms with Crippen molar-refractivity contribution in [1.29, 1.82) is 0 Å². The Balaban J connectivity index is 1.89. The second-order valence-electron chi connectivity index (χ2n) is 7.41. The molecule has 3 atom stereocenters. The van der Waals surface area contributed by atoms with Gasteiger partial charge in [-0.15, -0.1) is 0 Å². The number of hydrogen-bond donors (Lipinski definition) is 2. The lowest BCUT2D eigenvalue weighted by Crippen LogP contribution is -2.46. The number of carboxylic acids is 1. The molecule has 0 radical (unpaired) electrons. The number of likely N-dealkylation sites (tertiary alicyclic amines) is 1. The van der Waals surface area contributed by atoms with Crippen molar-refractivity contribution in [1.82, 2.24) is 10.2 Å². The van der Waals surface area contributed by atoms with Crippen molar-refractivity contribution in [3.63, 3.8) is 0 Å². The summed E-state index contributed by atoms with van der Waals surface area (Å²) in [6.45, 7) is 10.9. The minimum absolute atomic E-state index is 0.0998. The predicted octanol–water partition coefficient (Wildman–Crippen LogP) is 1.58. The fourth-order valence-corrected chi connectivity index (χ4v) is 3.76. The summed E-state index contributed by atoms with van der Waals surface area (Å²) >= 11 is 0. The van der Waals surface area contributed by atoms with Crippen molar-refractivity contribution in [2.24, 2.45) is 23.2 Å². The molecule has 1 aliphatic heterocycles. The van der Waals surface area contributed by atoms with Crippen LogP contribution in [-0.4, -0.2) is 47.6 Å². The molecule has 2 N–H and O–H groups in total. The third kappa shape index (κ3) is 3.23. The van der Waals surface area contributed by atoms with Crippen molar-refractivity contribution >= 4 is 11.9 Å². The fourth-order valence-electron chi connectivity index (χ4n) is 3.76. The lowest BCUT2D eigenvalue weighted by atomic mass is 10.0. The molecule has 1 unspecified atom stereocenters. The summed E-state index contributed by atoms with van der Waals surface area (Å²) in [5.41, 5.74) is -0.420. The SMILES string of the molecule is CC(C)C(CNC(=O)[C@H]1[C@@H](C(=O)O)C1(C)C)N1CCCC1. The summed E-state index contributed by atoms with van der Waals surface area (Å²) < 4.78 is 0. The van der Waals surface area contributed by atoms with Gasteiger partial charge in [-0.2, -0.15) is 0 Å². The Morgan fingerprint density at radius 1 is 1.24 bits per heavy atom. The number of amides is 1. The van der Waals surface area contributed by atoms with Crippen molar-refractivity contribution in [3.05, 3.63) is 0 Å². The van der Waals surface area contributed by atoms with Crippen LogP contribution in [0.15, 0.2) is 0 Å². The predicted molar refractivity (Wildman–Crippen MR) is 80.8 cm³/mol. The zero-order chi connectivity index (χ0) is 15.8. The Bertz CT molecular complexity index is 414. The molecule has 5 nitrogen and oxygen atoms in total. The van der Waals surface area contributed by atoms with Gasteiger partial charge < -0.3 is 10.4 Å². The molecule has 2 fully saturated rings. The second-order valence-corrected chi connectivity index (χ2v) is 7.41. The van der Waals surface area contributed by atoms with Gasteiger partial charge in [-0.1, -0.05) is 27.7 Å². The van der Waals surface area contributed by atoms with Crippen LogP contribution in [0, 0.1) is 23.2 Å². The highest BCUT2D eigenvalue weighted by Gasteiger charge is 2.65. The topological polar surface area (TPSA) is 69.6 Å². The van der Waals surface area contributed by atoms with Gasteiger partial charge in [0, 0.05) is 12.6 Å². The van der Waals surface area contributed by atoms with Crippen LogP contribution in [0.1, 0.15) is 40.5 Å². The minimum atomic E-state index is -0.861. The largest absolute Gasteiger partial charge is 0.481 e. The van der Waals surface area contributed by atoms with E-state index in [2.05, 4.69) is 24.1 Å². The van der Waals surface area contributed by atoms with Crippen LogP contribution in [0.4, 0.5) is 0 Å². The number of aliphatic carboxylic acids is 1. The van der Waals surface area contributed by atoms with Crippen LogP contribution in [0.2, 0.25) is 0 Å². The highest BCUT2D eigenvalue weighted by Crippen LogP contribution is 2.58. The van der Waals surface area contributed by atoms with Crippen molar-refractivity contribution in [2.45, 2.75) is 46.6 Å². The van der Waals surface area contributed by atoms with Gasteiger partial charge in [0.15, 0.2) is 0 Å². The van der Waals surface area contributed by atoms with Crippen LogP contribution in [0.5, 0.6) is 0 Å². The molecule has 5 heteroatoms. The zero-order valence-corrected chi connectivity index (χ0v) is 13.6. The lowest BCUT2D eigenvalue weighted by molar-refractivity contribution is -0.140. The molecular formula is C16H28N2O3. The highest BCUT2D eigenvalue weighted by molar-refractivity contribution is 5.91. The summed E-state index contributed by atoms with van der Waals surface area (Å²) in [7, 11) is 0. The Hall–Kier alpha value is -1.10. The van der Waals surface area contributed by atoms with Gasteiger partial charge >= 0.3 is 5.97 Å². The molecule has 1 aliphatic carbocycles. The lowest BCUT2D eigenvalue weighted by Gasteiger charge is -2.31. The Morgan fingerprint density at radius 2 is 1.81 bits per heavy atom. The maximum atomic E-state index is 12.3. The van der Waals surface area contributed by atoms with Crippen LogP contribution in [-0.2, 0) is 9.59 Å². The van der Waals surface area contributed by atoms with Crippen molar-refractivity contribution < 1.29 is 14.7 Å².